The fraction of sp³-hybridized carbons (Fsp3) is 0.286. The van der Waals surface area contributed by atoms with E-state index in [2.05, 4.69) is 4.72 Å². The van der Waals surface area contributed by atoms with Crippen molar-refractivity contribution >= 4 is 27.3 Å². The van der Waals surface area contributed by atoms with E-state index in [-0.39, 0.29) is 11.5 Å². The molecule has 0 aliphatic rings. The van der Waals surface area contributed by atoms with E-state index in [4.69, 9.17) is 11.6 Å². The molecule has 114 valence electrons. The molecule has 2 N–H and O–H groups in total. The highest BCUT2D eigenvalue weighted by molar-refractivity contribution is 7.92. The molecule has 0 aliphatic heterocycles. The van der Waals surface area contributed by atoms with Crippen molar-refractivity contribution in [3.63, 3.8) is 0 Å². The number of nitrogens with zero attached hydrogens (tertiary/aromatic N) is 1. The number of rotatable bonds is 5. The van der Waals surface area contributed by atoms with E-state index in [0.29, 0.717) is 22.9 Å². The molecule has 1 heterocycles. The molecule has 0 spiro atoms. The lowest BCUT2D eigenvalue weighted by Crippen LogP contribution is -2.13. The van der Waals surface area contributed by atoms with Crippen molar-refractivity contribution < 1.29 is 13.5 Å². The Hall–Kier alpha value is -1.50. The van der Waals surface area contributed by atoms with Crippen molar-refractivity contribution in [3.8, 4) is 0 Å². The Bertz CT molecular complexity index is 732. The average Bonchev–Trinajstić information content (AvgIpc) is 2.86. The van der Waals surface area contributed by atoms with Gasteiger partial charge in [0.15, 0.2) is 0 Å². The molecule has 0 fully saturated rings. The Kier molecular flexibility index (Phi) is 4.61. The fourth-order valence-corrected chi connectivity index (χ4v) is 3.36. The summed E-state index contributed by atoms with van der Waals surface area (Å²) >= 11 is 5.89. The Morgan fingerprint density at radius 3 is 2.62 bits per heavy atom. The Labute approximate surface area is 129 Å². The zero-order valence-corrected chi connectivity index (χ0v) is 13.4. The van der Waals surface area contributed by atoms with Gasteiger partial charge in [0, 0.05) is 23.5 Å². The summed E-state index contributed by atoms with van der Waals surface area (Å²) in [5.74, 6) is 0. The predicted molar refractivity (Wildman–Crippen MR) is 83.0 cm³/mol. The highest BCUT2D eigenvalue weighted by Crippen LogP contribution is 2.24. The average molecular weight is 329 g/mol. The first-order chi connectivity index (χ1) is 9.87. The first-order valence-corrected chi connectivity index (χ1v) is 8.32. The molecule has 7 heteroatoms. The van der Waals surface area contributed by atoms with Crippen LogP contribution in [0.5, 0.6) is 0 Å². The van der Waals surface area contributed by atoms with Crippen LogP contribution in [0.25, 0.3) is 0 Å². The quantitative estimate of drug-likeness (QED) is 0.886. The number of anilines is 1. The minimum Gasteiger partial charge on any atom is -0.390 e. The lowest BCUT2D eigenvalue weighted by Gasteiger charge is -2.09. The molecule has 0 aliphatic carbocycles. The molecule has 0 radical (unpaired) electrons. The third kappa shape index (κ3) is 3.40. The van der Waals surface area contributed by atoms with E-state index in [1.54, 1.807) is 29.7 Å². The largest absolute Gasteiger partial charge is 0.390 e. The SMILES string of the molecule is CCn1cc(S(=O)(=O)Nc2cc(Cl)ccc2C)cc1CO. The van der Waals surface area contributed by atoms with Crippen molar-refractivity contribution in [2.45, 2.75) is 31.9 Å². The first kappa shape index (κ1) is 15.9. The van der Waals surface area contributed by atoms with Gasteiger partial charge in [-0.1, -0.05) is 17.7 Å². The summed E-state index contributed by atoms with van der Waals surface area (Å²) in [6.07, 6.45) is 1.51. The Morgan fingerprint density at radius 2 is 2.05 bits per heavy atom. The summed E-state index contributed by atoms with van der Waals surface area (Å²) in [7, 11) is -3.72. The number of aryl methyl sites for hydroxylation is 2. The van der Waals surface area contributed by atoms with Crippen LogP contribution in [-0.2, 0) is 23.2 Å². The van der Waals surface area contributed by atoms with E-state index >= 15 is 0 Å². The summed E-state index contributed by atoms with van der Waals surface area (Å²) in [5.41, 5.74) is 1.78. The molecule has 0 atom stereocenters. The second-order valence-electron chi connectivity index (χ2n) is 4.68. The molecule has 2 aromatic rings. The third-order valence-corrected chi connectivity index (χ3v) is 4.79. The van der Waals surface area contributed by atoms with Gasteiger partial charge in [-0.2, -0.15) is 0 Å². The van der Waals surface area contributed by atoms with Gasteiger partial charge in [-0.3, -0.25) is 4.72 Å². The zero-order valence-electron chi connectivity index (χ0n) is 11.8. The molecular formula is C14H17ClN2O3S. The minimum absolute atomic E-state index is 0.118. The van der Waals surface area contributed by atoms with Crippen LogP contribution in [-0.4, -0.2) is 18.1 Å². The molecule has 5 nitrogen and oxygen atoms in total. The molecule has 1 aromatic heterocycles. The molecule has 0 saturated carbocycles. The summed E-state index contributed by atoms with van der Waals surface area (Å²) in [4.78, 5) is 0.118. The third-order valence-electron chi connectivity index (χ3n) is 3.22. The molecule has 1 aromatic carbocycles. The molecule has 0 amide bonds. The number of benzene rings is 1. The number of nitrogens with one attached hydrogen (secondary N) is 1. The van der Waals surface area contributed by atoms with Crippen LogP contribution in [0.15, 0.2) is 35.4 Å². The molecule has 21 heavy (non-hydrogen) atoms. The van der Waals surface area contributed by atoms with Gasteiger partial charge in [-0.15, -0.1) is 0 Å². The van der Waals surface area contributed by atoms with Gasteiger partial charge in [0.2, 0.25) is 0 Å². The molecule has 0 saturated heterocycles. The smallest absolute Gasteiger partial charge is 0.263 e. The van der Waals surface area contributed by atoms with Crippen molar-refractivity contribution in [2.75, 3.05) is 4.72 Å². The highest BCUT2D eigenvalue weighted by atomic mass is 35.5. The van der Waals surface area contributed by atoms with Gasteiger partial charge in [0.05, 0.1) is 12.3 Å². The van der Waals surface area contributed by atoms with Gasteiger partial charge >= 0.3 is 0 Å². The first-order valence-electron chi connectivity index (χ1n) is 6.46. The molecule has 2 rings (SSSR count). The van der Waals surface area contributed by atoms with E-state index in [0.717, 1.165) is 5.56 Å². The summed E-state index contributed by atoms with van der Waals surface area (Å²) in [6, 6.07) is 6.48. The zero-order chi connectivity index (χ0) is 15.6. The molecular weight excluding hydrogens is 312 g/mol. The van der Waals surface area contributed by atoms with Crippen LogP contribution in [0.1, 0.15) is 18.2 Å². The van der Waals surface area contributed by atoms with Gasteiger partial charge < -0.3 is 9.67 Å². The van der Waals surface area contributed by atoms with E-state index in [1.165, 1.54) is 12.3 Å². The van der Waals surface area contributed by atoms with Crippen molar-refractivity contribution in [1.29, 1.82) is 0 Å². The van der Waals surface area contributed by atoms with E-state index in [1.807, 2.05) is 6.92 Å². The lowest BCUT2D eigenvalue weighted by molar-refractivity contribution is 0.271. The second-order valence-corrected chi connectivity index (χ2v) is 6.79. The van der Waals surface area contributed by atoms with Gasteiger partial charge in [0.25, 0.3) is 10.0 Å². The summed E-state index contributed by atoms with van der Waals surface area (Å²) < 4.78 is 29.0. The van der Waals surface area contributed by atoms with Crippen molar-refractivity contribution in [1.82, 2.24) is 4.57 Å². The number of sulfonamides is 1. The van der Waals surface area contributed by atoms with Gasteiger partial charge in [0.1, 0.15) is 4.90 Å². The number of hydrogen-bond acceptors (Lipinski definition) is 3. The van der Waals surface area contributed by atoms with E-state index in [9.17, 15) is 13.5 Å². The molecule has 0 unspecified atom stereocenters. The maximum atomic E-state index is 12.4. The number of aliphatic hydroxyl groups excluding tert-OH is 1. The summed E-state index contributed by atoms with van der Waals surface area (Å²) in [6.45, 7) is 4.05. The monoisotopic (exact) mass is 328 g/mol. The standard InChI is InChI=1S/C14H17ClN2O3S/c1-3-17-8-13(7-12(17)9-18)21(19,20)16-14-6-11(15)5-4-10(14)2/h4-8,16,18H,3,9H2,1-2H3. The van der Waals surface area contributed by atoms with Crippen molar-refractivity contribution in [2.24, 2.45) is 0 Å². The van der Waals surface area contributed by atoms with Crippen LogP contribution in [0, 0.1) is 6.92 Å². The number of halogens is 1. The lowest BCUT2D eigenvalue weighted by atomic mass is 10.2. The number of aliphatic hydroxyl groups is 1. The van der Waals surface area contributed by atoms with Crippen LogP contribution >= 0.6 is 11.6 Å². The topological polar surface area (TPSA) is 71.3 Å². The minimum atomic E-state index is -3.72. The Balaban J connectivity index is 2.38. The maximum Gasteiger partial charge on any atom is 0.263 e. The van der Waals surface area contributed by atoms with Crippen LogP contribution in [0.4, 0.5) is 5.69 Å². The normalized spacial score (nSPS) is 11.6. The van der Waals surface area contributed by atoms with Crippen LogP contribution in [0.2, 0.25) is 5.02 Å². The van der Waals surface area contributed by atoms with Crippen LogP contribution in [0.3, 0.4) is 0 Å². The highest BCUT2D eigenvalue weighted by Gasteiger charge is 2.19. The van der Waals surface area contributed by atoms with Gasteiger partial charge in [-0.05, 0) is 37.6 Å². The Morgan fingerprint density at radius 1 is 1.33 bits per heavy atom. The second kappa shape index (κ2) is 6.09. The predicted octanol–water partition coefficient (Wildman–Crippen LogP) is 2.76. The van der Waals surface area contributed by atoms with Crippen molar-refractivity contribution in [3.05, 3.63) is 46.7 Å². The maximum absolute atomic E-state index is 12.4. The van der Waals surface area contributed by atoms with Gasteiger partial charge in [-0.25, -0.2) is 8.42 Å². The number of aromatic nitrogens is 1. The molecule has 0 bridgehead atoms. The summed E-state index contributed by atoms with van der Waals surface area (Å²) in [5, 5.41) is 9.70. The number of hydrogen-bond donors (Lipinski definition) is 2. The van der Waals surface area contributed by atoms with Crippen LogP contribution < -0.4 is 4.72 Å². The fourth-order valence-electron chi connectivity index (χ4n) is 2.01. The van der Waals surface area contributed by atoms with E-state index < -0.39 is 10.0 Å².